The normalized spacial score (nSPS) is 13.5. The minimum absolute atomic E-state index is 0. The molecule has 0 spiro atoms. The molecule has 0 radical (unpaired) electrons. The van der Waals surface area contributed by atoms with Gasteiger partial charge in [-0.1, -0.05) is 30.3 Å². The molecule has 0 bridgehead atoms. The van der Waals surface area contributed by atoms with Crippen molar-refractivity contribution in [2.24, 2.45) is 5.84 Å². The lowest BCUT2D eigenvalue weighted by Gasteiger charge is -2.25. The largest absolute Gasteiger partial charge is 0.467 e. The van der Waals surface area contributed by atoms with Crippen LogP contribution in [0.15, 0.2) is 30.3 Å². The van der Waals surface area contributed by atoms with Crippen molar-refractivity contribution in [1.29, 1.82) is 0 Å². The third-order valence-corrected chi connectivity index (χ3v) is 2.23. The predicted molar refractivity (Wildman–Crippen MR) is 60.4 cm³/mol. The monoisotopic (exact) mass is 230 g/mol. The highest BCUT2D eigenvalue weighted by atomic mass is 35.5. The summed E-state index contributed by atoms with van der Waals surface area (Å²) in [5.74, 6) is 4.95. The highest BCUT2D eigenvalue weighted by molar-refractivity contribution is 5.85. The summed E-state index contributed by atoms with van der Waals surface area (Å²) < 4.78 is 4.68. The van der Waals surface area contributed by atoms with Crippen molar-refractivity contribution < 1.29 is 9.53 Å². The van der Waals surface area contributed by atoms with E-state index in [-0.39, 0.29) is 12.4 Å². The molecule has 0 aliphatic heterocycles. The number of nitrogens with one attached hydrogen (secondary N) is 1. The minimum atomic E-state index is -0.990. The van der Waals surface area contributed by atoms with Crippen LogP contribution in [0, 0.1) is 0 Å². The van der Waals surface area contributed by atoms with Crippen LogP contribution < -0.4 is 11.3 Å². The zero-order chi connectivity index (χ0) is 10.6. The number of hydrazine groups is 1. The molecule has 0 heterocycles. The van der Waals surface area contributed by atoms with Crippen molar-refractivity contribution in [1.82, 2.24) is 5.43 Å². The zero-order valence-corrected chi connectivity index (χ0v) is 9.51. The lowest BCUT2D eigenvalue weighted by molar-refractivity contribution is -0.148. The van der Waals surface area contributed by atoms with E-state index in [1.165, 1.54) is 7.11 Å². The molecule has 1 aromatic carbocycles. The van der Waals surface area contributed by atoms with Gasteiger partial charge in [0.2, 0.25) is 0 Å². The van der Waals surface area contributed by atoms with E-state index in [9.17, 15) is 4.79 Å². The Balaban J connectivity index is 0.00000196. The van der Waals surface area contributed by atoms with Crippen molar-refractivity contribution in [3.63, 3.8) is 0 Å². The first kappa shape index (κ1) is 13.9. The number of esters is 1. The maximum atomic E-state index is 11.5. The number of rotatable bonds is 3. The van der Waals surface area contributed by atoms with Crippen molar-refractivity contribution in [2.75, 3.05) is 7.11 Å². The molecule has 1 aromatic rings. The van der Waals surface area contributed by atoms with Crippen molar-refractivity contribution >= 4 is 18.4 Å². The van der Waals surface area contributed by atoms with Crippen molar-refractivity contribution in [3.05, 3.63) is 35.9 Å². The highest BCUT2D eigenvalue weighted by Crippen LogP contribution is 2.20. The van der Waals surface area contributed by atoms with Gasteiger partial charge in [0.05, 0.1) is 7.11 Å². The maximum absolute atomic E-state index is 11.5. The Morgan fingerprint density at radius 3 is 2.33 bits per heavy atom. The third-order valence-electron chi connectivity index (χ3n) is 2.23. The van der Waals surface area contributed by atoms with Gasteiger partial charge in [-0.3, -0.25) is 5.84 Å². The molecule has 0 saturated heterocycles. The highest BCUT2D eigenvalue weighted by Gasteiger charge is 2.34. The Hall–Kier alpha value is -1.10. The summed E-state index contributed by atoms with van der Waals surface area (Å²) in [5, 5.41) is 0. The van der Waals surface area contributed by atoms with Gasteiger partial charge < -0.3 is 4.74 Å². The van der Waals surface area contributed by atoms with Gasteiger partial charge >= 0.3 is 5.97 Å². The second-order valence-corrected chi connectivity index (χ2v) is 3.13. The topological polar surface area (TPSA) is 64.3 Å². The predicted octanol–water partition coefficient (Wildman–Crippen LogP) is 0.960. The summed E-state index contributed by atoms with van der Waals surface area (Å²) in [5.41, 5.74) is 2.25. The summed E-state index contributed by atoms with van der Waals surface area (Å²) in [4.78, 5) is 11.5. The standard InChI is InChI=1S/C10H14N2O2.ClH/c1-10(12-11,9(13)14-2)8-6-4-3-5-7-8;/h3-7,12H,11H2,1-2H3;1H. The Morgan fingerprint density at radius 2 is 1.93 bits per heavy atom. The number of hydrogen-bond acceptors (Lipinski definition) is 4. The van der Waals surface area contributed by atoms with Gasteiger partial charge in [0.15, 0.2) is 5.54 Å². The summed E-state index contributed by atoms with van der Waals surface area (Å²) >= 11 is 0. The number of ether oxygens (including phenoxy) is 1. The second kappa shape index (κ2) is 5.70. The second-order valence-electron chi connectivity index (χ2n) is 3.13. The van der Waals surface area contributed by atoms with Crippen molar-refractivity contribution in [3.8, 4) is 0 Å². The van der Waals surface area contributed by atoms with Crippen LogP contribution in [0.3, 0.4) is 0 Å². The van der Waals surface area contributed by atoms with E-state index in [1.54, 1.807) is 6.92 Å². The van der Waals surface area contributed by atoms with Crippen LogP contribution in [0.1, 0.15) is 12.5 Å². The van der Waals surface area contributed by atoms with Crippen LogP contribution in [-0.4, -0.2) is 13.1 Å². The molecule has 0 saturated carbocycles. The molecule has 4 nitrogen and oxygen atoms in total. The average Bonchev–Trinajstić information content (AvgIpc) is 2.28. The first-order chi connectivity index (χ1) is 6.65. The number of benzene rings is 1. The Labute approximate surface area is 95.2 Å². The molecule has 5 heteroatoms. The van der Waals surface area contributed by atoms with E-state index in [2.05, 4.69) is 10.2 Å². The number of carbonyl (C=O) groups is 1. The van der Waals surface area contributed by atoms with Gasteiger partial charge in [0.25, 0.3) is 0 Å². The Kier molecular flexibility index (Phi) is 5.28. The number of hydrogen-bond donors (Lipinski definition) is 2. The maximum Gasteiger partial charge on any atom is 0.331 e. The Bertz CT molecular complexity index is 318. The quantitative estimate of drug-likeness (QED) is 0.461. The van der Waals surface area contributed by atoms with Crippen LogP contribution in [0.25, 0.3) is 0 Å². The molecular formula is C10H15ClN2O2. The van der Waals surface area contributed by atoms with Crippen LogP contribution in [0.4, 0.5) is 0 Å². The molecule has 15 heavy (non-hydrogen) atoms. The molecule has 1 unspecified atom stereocenters. The summed E-state index contributed by atoms with van der Waals surface area (Å²) in [6.07, 6.45) is 0. The van der Waals surface area contributed by atoms with Crippen LogP contribution in [0.2, 0.25) is 0 Å². The van der Waals surface area contributed by atoms with Crippen LogP contribution in [0.5, 0.6) is 0 Å². The fourth-order valence-corrected chi connectivity index (χ4v) is 1.24. The first-order valence-electron chi connectivity index (χ1n) is 4.27. The van der Waals surface area contributed by atoms with Gasteiger partial charge in [0, 0.05) is 0 Å². The summed E-state index contributed by atoms with van der Waals surface area (Å²) in [7, 11) is 1.33. The molecule has 0 amide bonds. The van der Waals surface area contributed by atoms with E-state index in [1.807, 2.05) is 30.3 Å². The van der Waals surface area contributed by atoms with E-state index in [0.29, 0.717) is 0 Å². The van der Waals surface area contributed by atoms with Gasteiger partial charge in [0.1, 0.15) is 0 Å². The molecule has 3 N–H and O–H groups in total. The number of methoxy groups -OCH3 is 1. The molecular weight excluding hydrogens is 216 g/mol. The van der Waals surface area contributed by atoms with Crippen LogP contribution >= 0.6 is 12.4 Å². The fraction of sp³-hybridized carbons (Fsp3) is 0.300. The van der Waals surface area contributed by atoms with Gasteiger partial charge in [-0.15, -0.1) is 12.4 Å². The molecule has 0 aliphatic rings. The molecule has 1 atom stereocenters. The SMILES string of the molecule is COC(=O)C(C)(NN)c1ccccc1.Cl. The zero-order valence-electron chi connectivity index (χ0n) is 8.69. The van der Waals surface area contributed by atoms with Gasteiger partial charge in [-0.2, -0.15) is 0 Å². The van der Waals surface area contributed by atoms with Gasteiger partial charge in [-0.25, -0.2) is 10.2 Å². The third kappa shape index (κ3) is 2.68. The van der Waals surface area contributed by atoms with E-state index < -0.39 is 11.5 Å². The van der Waals surface area contributed by atoms with Gasteiger partial charge in [-0.05, 0) is 12.5 Å². The Morgan fingerprint density at radius 1 is 1.40 bits per heavy atom. The van der Waals surface area contributed by atoms with E-state index in [0.717, 1.165) is 5.56 Å². The average molecular weight is 231 g/mol. The minimum Gasteiger partial charge on any atom is -0.467 e. The number of halogens is 1. The summed E-state index contributed by atoms with van der Waals surface area (Å²) in [6.45, 7) is 1.67. The fourth-order valence-electron chi connectivity index (χ4n) is 1.24. The smallest absolute Gasteiger partial charge is 0.331 e. The van der Waals surface area contributed by atoms with E-state index in [4.69, 9.17) is 5.84 Å². The van der Waals surface area contributed by atoms with Crippen molar-refractivity contribution in [2.45, 2.75) is 12.5 Å². The lowest BCUT2D eigenvalue weighted by atomic mass is 9.93. The van der Waals surface area contributed by atoms with E-state index >= 15 is 0 Å². The lowest BCUT2D eigenvalue weighted by Crippen LogP contribution is -2.50. The molecule has 1 rings (SSSR count). The first-order valence-corrected chi connectivity index (χ1v) is 4.27. The molecule has 0 fully saturated rings. The number of carbonyl (C=O) groups excluding carboxylic acids is 1. The number of nitrogens with two attached hydrogens (primary N) is 1. The summed E-state index contributed by atoms with van der Waals surface area (Å²) in [6, 6.07) is 9.19. The van der Waals surface area contributed by atoms with Crippen LogP contribution in [-0.2, 0) is 15.1 Å². The molecule has 84 valence electrons. The molecule has 0 aliphatic carbocycles. The molecule has 0 aromatic heterocycles.